The highest BCUT2D eigenvalue weighted by Gasteiger charge is 2.02. The number of aliphatic imine (C=N–C) groups is 1. The number of hydrogen-bond donors (Lipinski definition) is 2. The molecule has 0 radical (unpaired) electrons. The number of rotatable bonds is 5. The average molecular weight is 239 g/mol. The molecule has 0 saturated carbocycles. The van der Waals surface area contributed by atoms with Gasteiger partial charge in [0, 0.05) is 18.7 Å². The molecule has 94 valence electrons. The maximum Gasteiger partial charge on any atom is 0.189 e. The molecule has 0 aliphatic rings. The summed E-state index contributed by atoms with van der Waals surface area (Å²) in [6.07, 6.45) is 0. The van der Waals surface area contributed by atoms with Crippen molar-refractivity contribution >= 4 is 5.96 Å². The summed E-state index contributed by atoms with van der Waals surface area (Å²) < 4.78 is 18.2. The first kappa shape index (κ1) is 13.4. The van der Waals surface area contributed by atoms with Gasteiger partial charge in [-0.3, -0.25) is 0 Å². The van der Waals surface area contributed by atoms with Crippen LogP contribution in [0.2, 0.25) is 0 Å². The van der Waals surface area contributed by atoms with E-state index in [1.54, 1.807) is 25.3 Å². The molecule has 0 heterocycles. The summed E-state index contributed by atoms with van der Waals surface area (Å²) in [5.74, 6) is 0.0202. The molecule has 0 spiro atoms. The summed E-state index contributed by atoms with van der Waals surface area (Å²) in [4.78, 5) is 4.07. The molecular formula is C12H18FN3O. The second kappa shape index (κ2) is 6.85. The Bertz CT molecular complexity index is 382. The van der Waals surface area contributed by atoms with E-state index in [-0.39, 0.29) is 24.4 Å². The van der Waals surface area contributed by atoms with Crippen molar-refractivity contribution in [2.45, 2.75) is 19.5 Å². The van der Waals surface area contributed by atoms with Gasteiger partial charge in [-0.1, -0.05) is 18.2 Å². The van der Waals surface area contributed by atoms with Gasteiger partial charge < -0.3 is 15.8 Å². The molecule has 0 amide bonds. The lowest BCUT2D eigenvalue weighted by molar-refractivity contribution is 0.179. The van der Waals surface area contributed by atoms with Crippen LogP contribution in [0.4, 0.5) is 4.39 Å². The van der Waals surface area contributed by atoms with E-state index in [1.807, 2.05) is 6.92 Å². The number of guanidine groups is 1. The molecule has 0 saturated heterocycles. The number of hydrogen-bond acceptors (Lipinski definition) is 2. The third-order valence-corrected chi connectivity index (χ3v) is 2.19. The van der Waals surface area contributed by atoms with E-state index in [2.05, 4.69) is 10.3 Å². The van der Waals surface area contributed by atoms with Crippen molar-refractivity contribution in [2.75, 3.05) is 13.7 Å². The number of methoxy groups -OCH3 is 1. The van der Waals surface area contributed by atoms with Crippen LogP contribution in [-0.2, 0) is 11.3 Å². The first-order valence-corrected chi connectivity index (χ1v) is 5.42. The van der Waals surface area contributed by atoms with E-state index in [1.165, 1.54) is 6.07 Å². The monoisotopic (exact) mass is 239 g/mol. The van der Waals surface area contributed by atoms with Crippen molar-refractivity contribution in [2.24, 2.45) is 10.7 Å². The minimum absolute atomic E-state index is 0.0735. The van der Waals surface area contributed by atoms with Crippen LogP contribution in [0, 0.1) is 5.82 Å². The maximum absolute atomic E-state index is 13.3. The fraction of sp³-hybridized carbons (Fsp3) is 0.417. The minimum Gasteiger partial charge on any atom is -0.383 e. The highest BCUT2D eigenvalue weighted by molar-refractivity contribution is 5.78. The standard InChI is InChI=1S/C12H18FN3O/c1-9(8-17-2)16-12(14)15-7-10-5-3-4-6-11(10)13/h3-6,9H,7-8H2,1-2H3,(H3,14,15,16). The van der Waals surface area contributed by atoms with Crippen molar-refractivity contribution < 1.29 is 9.13 Å². The molecule has 1 atom stereocenters. The number of halogens is 1. The molecule has 5 heteroatoms. The normalized spacial score (nSPS) is 13.5. The highest BCUT2D eigenvalue weighted by atomic mass is 19.1. The van der Waals surface area contributed by atoms with Gasteiger partial charge >= 0.3 is 0 Å². The topological polar surface area (TPSA) is 59.6 Å². The molecule has 0 aliphatic heterocycles. The fourth-order valence-corrected chi connectivity index (χ4v) is 1.39. The molecule has 1 aromatic carbocycles. The van der Waals surface area contributed by atoms with Crippen molar-refractivity contribution in [3.63, 3.8) is 0 Å². The largest absolute Gasteiger partial charge is 0.383 e. The van der Waals surface area contributed by atoms with E-state index >= 15 is 0 Å². The summed E-state index contributed by atoms with van der Waals surface area (Å²) in [6.45, 7) is 2.69. The third-order valence-electron chi connectivity index (χ3n) is 2.19. The van der Waals surface area contributed by atoms with Crippen LogP contribution in [0.1, 0.15) is 12.5 Å². The average Bonchev–Trinajstić information content (AvgIpc) is 2.28. The lowest BCUT2D eigenvalue weighted by Gasteiger charge is -2.13. The van der Waals surface area contributed by atoms with Crippen molar-refractivity contribution in [3.05, 3.63) is 35.6 Å². The van der Waals surface area contributed by atoms with E-state index in [4.69, 9.17) is 10.5 Å². The molecule has 0 aromatic heterocycles. The van der Waals surface area contributed by atoms with Crippen LogP contribution in [0.25, 0.3) is 0 Å². The predicted octanol–water partition coefficient (Wildman–Crippen LogP) is 1.26. The second-order valence-electron chi connectivity index (χ2n) is 3.79. The summed E-state index contributed by atoms with van der Waals surface area (Å²) in [6, 6.07) is 6.58. The van der Waals surface area contributed by atoms with Crippen LogP contribution in [-0.4, -0.2) is 25.7 Å². The van der Waals surface area contributed by atoms with Gasteiger partial charge in [0.05, 0.1) is 13.2 Å². The van der Waals surface area contributed by atoms with Gasteiger partial charge in [0.15, 0.2) is 5.96 Å². The Labute approximate surface area is 101 Å². The number of benzene rings is 1. The molecular weight excluding hydrogens is 221 g/mol. The predicted molar refractivity (Wildman–Crippen MR) is 66.2 cm³/mol. The number of nitrogens with two attached hydrogens (primary N) is 1. The second-order valence-corrected chi connectivity index (χ2v) is 3.79. The Morgan fingerprint density at radius 1 is 1.53 bits per heavy atom. The van der Waals surface area contributed by atoms with Crippen LogP contribution in [0.15, 0.2) is 29.3 Å². The van der Waals surface area contributed by atoms with Crippen molar-refractivity contribution in [1.82, 2.24) is 5.32 Å². The lowest BCUT2D eigenvalue weighted by atomic mass is 10.2. The fourth-order valence-electron chi connectivity index (χ4n) is 1.39. The van der Waals surface area contributed by atoms with E-state index in [0.29, 0.717) is 12.2 Å². The smallest absolute Gasteiger partial charge is 0.189 e. The summed E-state index contributed by atoms with van der Waals surface area (Å²) in [5, 5.41) is 2.95. The van der Waals surface area contributed by atoms with Crippen LogP contribution >= 0.6 is 0 Å². The van der Waals surface area contributed by atoms with Gasteiger partial charge in [-0.15, -0.1) is 0 Å². The molecule has 17 heavy (non-hydrogen) atoms. The van der Waals surface area contributed by atoms with Crippen molar-refractivity contribution in [3.8, 4) is 0 Å². The van der Waals surface area contributed by atoms with E-state index in [0.717, 1.165) is 0 Å². The first-order valence-electron chi connectivity index (χ1n) is 5.42. The molecule has 3 N–H and O–H groups in total. The summed E-state index contributed by atoms with van der Waals surface area (Å²) >= 11 is 0. The number of nitrogens with one attached hydrogen (secondary N) is 1. The molecule has 0 fully saturated rings. The molecule has 1 rings (SSSR count). The Hall–Kier alpha value is -1.62. The zero-order chi connectivity index (χ0) is 12.7. The summed E-state index contributed by atoms with van der Waals surface area (Å²) in [7, 11) is 1.62. The van der Waals surface area contributed by atoms with Gasteiger partial charge in [0.2, 0.25) is 0 Å². The Morgan fingerprint density at radius 2 is 2.24 bits per heavy atom. The van der Waals surface area contributed by atoms with Crippen LogP contribution < -0.4 is 11.1 Å². The number of nitrogens with zero attached hydrogens (tertiary/aromatic N) is 1. The zero-order valence-electron chi connectivity index (χ0n) is 10.1. The Morgan fingerprint density at radius 3 is 2.88 bits per heavy atom. The van der Waals surface area contributed by atoms with Crippen molar-refractivity contribution in [1.29, 1.82) is 0 Å². The Balaban J connectivity index is 2.50. The molecule has 0 bridgehead atoms. The molecule has 1 unspecified atom stereocenters. The minimum atomic E-state index is -0.269. The third kappa shape index (κ3) is 4.82. The SMILES string of the molecule is COCC(C)NC(N)=NCc1ccccc1F. The summed E-state index contributed by atoms with van der Waals surface area (Å²) in [5.41, 5.74) is 6.19. The molecule has 4 nitrogen and oxygen atoms in total. The zero-order valence-corrected chi connectivity index (χ0v) is 10.1. The molecule has 0 aliphatic carbocycles. The first-order chi connectivity index (χ1) is 8.13. The van der Waals surface area contributed by atoms with Gasteiger partial charge in [-0.25, -0.2) is 9.38 Å². The van der Waals surface area contributed by atoms with E-state index < -0.39 is 0 Å². The van der Waals surface area contributed by atoms with Crippen LogP contribution in [0.3, 0.4) is 0 Å². The lowest BCUT2D eigenvalue weighted by Crippen LogP contribution is -2.40. The van der Waals surface area contributed by atoms with Gasteiger partial charge in [0.1, 0.15) is 5.82 Å². The quantitative estimate of drug-likeness (QED) is 0.601. The van der Waals surface area contributed by atoms with E-state index in [9.17, 15) is 4.39 Å². The van der Waals surface area contributed by atoms with Gasteiger partial charge in [0.25, 0.3) is 0 Å². The van der Waals surface area contributed by atoms with Crippen LogP contribution in [0.5, 0.6) is 0 Å². The Kier molecular flexibility index (Phi) is 5.42. The maximum atomic E-state index is 13.3. The van der Waals surface area contributed by atoms with Gasteiger partial charge in [-0.2, -0.15) is 0 Å². The molecule has 1 aromatic rings. The number of ether oxygens (including phenoxy) is 1. The highest BCUT2D eigenvalue weighted by Crippen LogP contribution is 2.06. The van der Waals surface area contributed by atoms with Gasteiger partial charge in [-0.05, 0) is 13.0 Å².